The van der Waals surface area contributed by atoms with E-state index >= 15 is 0 Å². The van der Waals surface area contributed by atoms with Gasteiger partial charge in [0.15, 0.2) is 0 Å². The van der Waals surface area contributed by atoms with Gasteiger partial charge in [-0.2, -0.15) is 0 Å². The van der Waals surface area contributed by atoms with Gasteiger partial charge < -0.3 is 0 Å². The first kappa shape index (κ1) is 90.1. The van der Waals surface area contributed by atoms with E-state index in [4.69, 9.17) is 0 Å². The van der Waals surface area contributed by atoms with Gasteiger partial charge in [0.25, 0.3) is 0 Å². The normalized spacial score (nSPS) is 16.5. The fraction of sp³-hybridized carbons (Fsp3) is 0.224. The minimum Gasteiger partial charge on any atom is -0.291 e. The number of hydrogen-bond acceptors (Lipinski definition) is 10. The topological polar surface area (TPSA) is 32.4 Å². The number of rotatable bonds is 20. The molecule has 144 heavy (non-hydrogen) atoms. The summed E-state index contributed by atoms with van der Waals surface area (Å²) in [6.07, 6.45) is 0. The van der Waals surface area contributed by atoms with Crippen molar-refractivity contribution in [2.75, 3.05) is 0 Å². The summed E-state index contributed by atoms with van der Waals surface area (Å²) in [6, 6.07) is 145. The van der Waals surface area contributed by atoms with Gasteiger partial charge in [0.2, 0.25) is 0 Å². The Kier molecular flexibility index (Phi) is 25.0. The third-order valence-corrected chi connectivity index (χ3v) is 32.1. The molecule has 10 nitrogen and oxygen atoms in total. The third kappa shape index (κ3) is 19.6. The molecule has 0 atom stereocenters. The van der Waals surface area contributed by atoms with Crippen LogP contribution < -0.4 is 0 Å². The van der Waals surface area contributed by atoms with Crippen molar-refractivity contribution in [2.45, 2.75) is 196 Å². The van der Waals surface area contributed by atoms with Crippen LogP contribution in [0.1, 0.15) is 167 Å². The van der Waals surface area contributed by atoms with Gasteiger partial charge in [-0.15, -0.1) is 0 Å². The maximum atomic E-state index is 2.63. The van der Waals surface area contributed by atoms with Crippen LogP contribution in [0.15, 0.2) is 388 Å². The molecule has 10 aliphatic rings. The molecule has 0 saturated heterocycles. The highest BCUT2D eigenvalue weighted by molar-refractivity contribution is 5.93. The van der Waals surface area contributed by atoms with Gasteiger partial charge in [0.05, 0.1) is 0 Å². The van der Waals surface area contributed by atoms with Crippen LogP contribution in [0.3, 0.4) is 0 Å². The van der Waals surface area contributed by atoms with E-state index in [9.17, 15) is 0 Å². The number of nitrogens with zero attached hydrogens (tertiary/aromatic N) is 10. The minimum atomic E-state index is 0.954. The molecule has 19 aromatic carbocycles. The van der Waals surface area contributed by atoms with E-state index in [0.717, 1.165) is 196 Å². The number of fused-ring (bicyclic) bond motifs is 5. The van der Waals surface area contributed by atoms with Crippen LogP contribution in [-0.4, -0.2) is 49.0 Å². The van der Waals surface area contributed by atoms with E-state index in [1.165, 1.54) is 221 Å². The second-order valence-electron chi connectivity index (χ2n) is 42.9. The molecule has 0 radical (unpaired) electrons. The Morgan fingerprint density at radius 2 is 0.208 bits per heavy atom. The highest BCUT2D eigenvalue weighted by Gasteiger charge is 2.31. The van der Waals surface area contributed by atoms with E-state index in [-0.39, 0.29) is 0 Å². The van der Waals surface area contributed by atoms with Gasteiger partial charge in [-0.05, 0) is 221 Å². The summed E-state index contributed by atoms with van der Waals surface area (Å²) in [7, 11) is 0. The maximum Gasteiger partial charge on any atom is 0.0247 e. The molecule has 10 heterocycles. The fourth-order valence-electron chi connectivity index (χ4n) is 26.1. The molecule has 0 aliphatic carbocycles. The summed E-state index contributed by atoms with van der Waals surface area (Å²) in [4.78, 5) is 25.9. The second-order valence-corrected chi connectivity index (χ2v) is 42.9. The van der Waals surface area contributed by atoms with Crippen LogP contribution in [0.2, 0.25) is 0 Å². The molecular weight excluding hydrogens is 1750 g/mol. The van der Waals surface area contributed by atoms with Crippen LogP contribution in [0.5, 0.6) is 0 Å². The Labute approximate surface area is 848 Å². The van der Waals surface area contributed by atoms with E-state index in [1.807, 2.05) is 0 Å². The van der Waals surface area contributed by atoms with Crippen molar-refractivity contribution in [1.29, 1.82) is 0 Å². The number of benzene rings is 19. The van der Waals surface area contributed by atoms with Crippen molar-refractivity contribution in [3.05, 3.63) is 555 Å². The molecule has 0 amide bonds. The van der Waals surface area contributed by atoms with Crippen molar-refractivity contribution in [3.63, 3.8) is 0 Å². The largest absolute Gasteiger partial charge is 0.291 e. The Morgan fingerprint density at radius 1 is 0.104 bits per heavy atom. The summed E-state index contributed by atoms with van der Waals surface area (Å²) >= 11 is 0. The zero-order valence-corrected chi connectivity index (χ0v) is 82.6. The highest BCUT2D eigenvalue weighted by Crippen LogP contribution is 2.41. The molecule has 0 aromatic heterocycles. The van der Waals surface area contributed by atoms with Gasteiger partial charge in [0, 0.05) is 196 Å². The van der Waals surface area contributed by atoms with Gasteiger partial charge in [-0.25, -0.2) is 0 Å². The monoisotopic (exact) mass is 1870 g/mol. The summed E-state index contributed by atoms with van der Waals surface area (Å²) in [5, 5.41) is 14.2. The molecule has 10 heteroatoms. The lowest BCUT2D eigenvalue weighted by Gasteiger charge is -2.32. The van der Waals surface area contributed by atoms with E-state index in [2.05, 4.69) is 437 Å². The minimum absolute atomic E-state index is 0.954. The molecule has 710 valence electrons. The summed E-state index contributed by atoms with van der Waals surface area (Å²) in [5.41, 5.74) is 43.7. The molecule has 29 rings (SSSR count). The molecule has 0 bridgehead atoms. The Bertz CT molecular complexity index is 7100. The fourth-order valence-corrected chi connectivity index (χ4v) is 26.1. The maximum absolute atomic E-state index is 2.63. The summed E-state index contributed by atoms with van der Waals surface area (Å²) < 4.78 is 0. The first-order chi connectivity index (χ1) is 71.1. The molecular formula is C134H124N10. The average Bonchev–Trinajstić information content (AvgIpc) is 0.913. The zero-order chi connectivity index (χ0) is 95.3. The first-order valence-electron chi connectivity index (χ1n) is 52.5. The highest BCUT2D eigenvalue weighted by atomic mass is 15.2. The lowest BCUT2D eigenvalue weighted by molar-refractivity contribution is 0.235. The lowest BCUT2D eigenvalue weighted by Crippen LogP contribution is -2.28. The smallest absolute Gasteiger partial charge is 0.0247 e. The Morgan fingerprint density at radius 3 is 0.347 bits per heavy atom. The molecule has 0 spiro atoms. The van der Waals surface area contributed by atoms with E-state index < -0.39 is 0 Å². The standard InChI is InChI=1S/C45H39N3.C33H33N3.C32H28N2.C24H24N2/c1-7-34-8-2-14-38-26-46(25-37(13-1)43(34)38)22-31-19-32(23-47-27-39-15-3-9-35-10-4-16-40(28-47)44(35)39)21-33(20-31)24-48-29-41-17-5-11-36-12-6-18-42(30-48)45(36)41;1-2-8-29-20-34(19-28(29)7-1)16-25-13-26(17-35-21-30-9-3-4-10-31(30)22-35)15-27(14-25)18-36-23-32-11-5-6-12-33(32)24-36;1-6-23(17-33-19-27-12-2-8-25-9-3-13-28(20-33)31(25)27)16-24(7-1)18-34-21-29-14-4-10-26-11-5-15-30(22-34)32(26)29;1-2-9-22-16-25(15-21(22)8-1)13-19-6-5-7-20(12-19)14-26-17-23-10-3-4-11-24(23)18-26/h1-21H,22-30H2;1-15H,16-24H2;1-16H,17-22H2;1-12H,13-18H2. The van der Waals surface area contributed by atoms with Crippen LogP contribution in [0, 0.1) is 0 Å². The van der Waals surface area contributed by atoms with Crippen molar-refractivity contribution in [1.82, 2.24) is 49.0 Å². The average molecular weight is 1870 g/mol. The van der Waals surface area contributed by atoms with Gasteiger partial charge in [-0.1, -0.05) is 388 Å². The molecule has 19 aromatic rings. The van der Waals surface area contributed by atoms with Gasteiger partial charge in [0.1, 0.15) is 0 Å². The first-order valence-corrected chi connectivity index (χ1v) is 52.5. The van der Waals surface area contributed by atoms with Crippen LogP contribution >= 0.6 is 0 Å². The summed E-state index contributed by atoms with van der Waals surface area (Å²) in [5.74, 6) is 0. The van der Waals surface area contributed by atoms with Crippen LogP contribution in [-0.2, 0) is 196 Å². The molecule has 0 saturated carbocycles. The molecule has 0 fully saturated rings. The van der Waals surface area contributed by atoms with Gasteiger partial charge in [-0.3, -0.25) is 49.0 Å². The van der Waals surface area contributed by atoms with Crippen LogP contribution in [0.4, 0.5) is 0 Å². The zero-order valence-electron chi connectivity index (χ0n) is 82.6. The van der Waals surface area contributed by atoms with E-state index in [0.29, 0.717) is 0 Å². The molecule has 0 unspecified atom stereocenters. The van der Waals surface area contributed by atoms with E-state index in [1.54, 1.807) is 0 Å². The molecule has 0 N–H and O–H groups in total. The molecule has 10 aliphatic heterocycles. The quantitative estimate of drug-likeness (QED) is 0.0736. The predicted molar refractivity (Wildman–Crippen MR) is 587 cm³/mol. The lowest BCUT2D eigenvalue weighted by atomic mass is 9.93. The number of hydrogen-bond donors (Lipinski definition) is 0. The SMILES string of the molecule is c1cc(CN2Cc3cccc4cccc(c34)C2)cc(CN2Cc3cccc4cccc(c34)C2)c1.c1cc(CN2Cc3ccccc3C2)cc(CN2Cc3ccccc3C2)c1.c1cc2c3c(cccc3c1)CN(Cc1cc(CN3Cc4cccc5cccc(c45)C3)cc(CN3Cc4cccc5cccc(c45)C3)c1)C2.c1ccc2c(c1)CN(Cc1cc(CN3Cc4ccccc4C3)cc(CN3Cc4ccccc4C3)c1)C2. The Balaban J connectivity index is 0.000000100. The van der Waals surface area contributed by atoms with Crippen molar-refractivity contribution in [3.8, 4) is 0 Å². The van der Waals surface area contributed by atoms with Crippen molar-refractivity contribution in [2.24, 2.45) is 0 Å². The second kappa shape index (κ2) is 40.0. The van der Waals surface area contributed by atoms with Gasteiger partial charge >= 0.3 is 0 Å². The summed E-state index contributed by atoms with van der Waals surface area (Å²) in [6.45, 7) is 30.6. The third-order valence-electron chi connectivity index (χ3n) is 32.1. The Hall–Kier alpha value is -13.9. The van der Waals surface area contributed by atoms with Crippen molar-refractivity contribution >= 4 is 53.9 Å². The van der Waals surface area contributed by atoms with Crippen LogP contribution in [0.25, 0.3) is 53.9 Å². The van der Waals surface area contributed by atoms with Crippen molar-refractivity contribution < 1.29 is 0 Å². The predicted octanol–water partition coefficient (Wildman–Crippen LogP) is 27.7.